The first kappa shape index (κ1) is 20.0. The summed E-state index contributed by atoms with van der Waals surface area (Å²) in [5.74, 6) is -0.923. The predicted molar refractivity (Wildman–Crippen MR) is 106 cm³/mol. The lowest BCUT2D eigenvalue weighted by Gasteiger charge is -2.33. The van der Waals surface area contributed by atoms with Crippen molar-refractivity contribution in [3.8, 4) is 0 Å². The van der Waals surface area contributed by atoms with E-state index in [0.29, 0.717) is 36.2 Å². The van der Waals surface area contributed by atoms with Gasteiger partial charge in [0.05, 0.1) is 4.90 Å². The third kappa shape index (κ3) is 4.07. The largest absolute Gasteiger partial charge is 0.366 e. The van der Waals surface area contributed by atoms with Gasteiger partial charge in [-0.25, -0.2) is 8.42 Å². The third-order valence-corrected chi connectivity index (χ3v) is 6.79. The maximum Gasteiger partial charge on any atom is 0.248 e. The average Bonchev–Trinajstić information content (AvgIpc) is 2.68. The van der Waals surface area contributed by atoms with E-state index in [1.165, 1.54) is 16.4 Å². The maximum atomic E-state index is 13.0. The highest BCUT2D eigenvalue weighted by Crippen LogP contribution is 2.26. The van der Waals surface area contributed by atoms with E-state index in [2.05, 4.69) is 5.32 Å². The zero-order valence-corrected chi connectivity index (χ0v) is 16.4. The Morgan fingerprint density at radius 1 is 1.11 bits per heavy atom. The number of nitrogens with two attached hydrogens (primary N) is 1. The van der Waals surface area contributed by atoms with Crippen LogP contribution in [0.5, 0.6) is 0 Å². The van der Waals surface area contributed by atoms with E-state index in [-0.39, 0.29) is 10.8 Å². The van der Waals surface area contributed by atoms with Crippen LogP contribution in [0.2, 0.25) is 0 Å². The SMILES string of the molecule is Cc1cc(NC(=O)C2CCCCN2S(=O)(=O)c2ccccc2)ccc1C(N)=O. The van der Waals surface area contributed by atoms with Crippen LogP contribution in [-0.4, -0.2) is 37.1 Å². The van der Waals surface area contributed by atoms with Crippen molar-refractivity contribution in [1.29, 1.82) is 0 Å². The fraction of sp³-hybridized carbons (Fsp3) is 0.300. The molecule has 2 amide bonds. The average molecular weight is 401 g/mol. The number of nitrogens with zero attached hydrogens (tertiary/aromatic N) is 1. The molecular weight excluding hydrogens is 378 g/mol. The number of carbonyl (C=O) groups excluding carboxylic acids is 2. The molecule has 1 fully saturated rings. The Morgan fingerprint density at radius 2 is 1.82 bits per heavy atom. The van der Waals surface area contributed by atoms with Gasteiger partial charge in [0, 0.05) is 17.8 Å². The predicted octanol–water partition coefficient (Wildman–Crippen LogP) is 2.28. The quantitative estimate of drug-likeness (QED) is 0.801. The number of hydrogen-bond donors (Lipinski definition) is 2. The minimum atomic E-state index is -3.76. The van der Waals surface area contributed by atoms with E-state index >= 15 is 0 Å². The Labute approximate surface area is 164 Å². The number of amides is 2. The molecule has 0 bridgehead atoms. The van der Waals surface area contributed by atoms with Gasteiger partial charge in [0.2, 0.25) is 21.8 Å². The number of sulfonamides is 1. The number of primary amides is 1. The normalized spacial score (nSPS) is 17.8. The first-order chi connectivity index (χ1) is 13.3. The molecule has 1 saturated heterocycles. The number of benzene rings is 2. The molecule has 3 rings (SSSR count). The molecular formula is C20H23N3O4S. The first-order valence-corrected chi connectivity index (χ1v) is 10.5. The Hall–Kier alpha value is -2.71. The van der Waals surface area contributed by atoms with Crippen molar-refractivity contribution in [1.82, 2.24) is 4.31 Å². The summed E-state index contributed by atoms with van der Waals surface area (Å²) in [4.78, 5) is 24.4. The molecule has 7 nitrogen and oxygen atoms in total. The van der Waals surface area contributed by atoms with Crippen LogP contribution in [0.1, 0.15) is 35.2 Å². The van der Waals surface area contributed by atoms with Crippen LogP contribution in [0, 0.1) is 6.92 Å². The summed E-state index contributed by atoms with van der Waals surface area (Å²) in [7, 11) is -3.76. The molecule has 148 valence electrons. The van der Waals surface area contributed by atoms with Crippen molar-refractivity contribution in [2.24, 2.45) is 5.73 Å². The molecule has 2 aromatic rings. The molecule has 0 spiro atoms. The number of hydrogen-bond acceptors (Lipinski definition) is 4. The molecule has 0 saturated carbocycles. The molecule has 1 aliphatic heterocycles. The van der Waals surface area contributed by atoms with Crippen LogP contribution in [0.4, 0.5) is 5.69 Å². The molecule has 0 radical (unpaired) electrons. The van der Waals surface area contributed by atoms with Crippen LogP contribution >= 0.6 is 0 Å². The first-order valence-electron chi connectivity index (χ1n) is 9.09. The second-order valence-corrected chi connectivity index (χ2v) is 8.71. The van der Waals surface area contributed by atoms with Crippen molar-refractivity contribution >= 4 is 27.5 Å². The van der Waals surface area contributed by atoms with Crippen molar-refractivity contribution in [3.05, 3.63) is 59.7 Å². The van der Waals surface area contributed by atoms with Gasteiger partial charge in [0.1, 0.15) is 6.04 Å². The van der Waals surface area contributed by atoms with Gasteiger partial charge in [-0.3, -0.25) is 9.59 Å². The second kappa shape index (κ2) is 8.12. The lowest BCUT2D eigenvalue weighted by atomic mass is 10.0. The highest BCUT2D eigenvalue weighted by molar-refractivity contribution is 7.89. The van der Waals surface area contributed by atoms with Crippen molar-refractivity contribution < 1.29 is 18.0 Å². The summed E-state index contributed by atoms with van der Waals surface area (Å²) in [6.07, 6.45) is 1.94. The topological polar surface area (TPSA) is 110 Å². The van der Waals surface area contributed by atoms with Crippen LogP contribution in [0.3, 0.4) is 0 Å². The summed E-state index contributed by atoms with van der Waals surface area (Å²) in [6, 6.07) is 12.1. The van der Waals surface area contributed by atoms with Crippen LogP contribution in [-0.2, 0) is 14.8 Å². The molecule has 28 heavy (non-hydrogen) atoms. The van der Waals surface area contributed by atoms with E-state index in [4.69, 9.17) is 5.73 Å². The Kier molecular flexibility index (Phi) is 5.81. The Morgan fingerprint density at radius 3 is 2.46 bits per heavy atom. The van der Waals surface area contributed by atoms with Gasteiger partial charge in [0.25, 0.3) is 0 Å². The fourth-order valence-electron chi connectivity index (χ4n) is 3.43. The lowest BCUT2D eigenvalue weighted by molar-refractivity contribution is -0.120. The molecule has 1 unspecified atom stereocenters. The smallest absolute Gasteiger partial charge is 0.248 e. The number of piperidine rings is 1. The van der Waals surface area contributed by atoms with Crippen LogP contribution in [0.25, 0.3) is 0 Å². The molecule has 3 N–H and O–H groups in total. The highest BCUT2D eigenvalue weighted by Gasteiger charge is 2.37. The maximum absolute atomic E-state index is 13.0. The fourth-order valence-corrected chi connectivity index (χ4v) is 5.10. The summed E-state index contributed by atoms with van der Waals surface area (Å²) in [5, 5.41) is 2.77. The van der Waals surface area contributed by atoms with Crippen LogP contribution < -0.4 is 11.1 Å². The zero-order chi connectivity index (χ0) is 20.3. The molecule has 0 aliphatic carbocycles. The molecule has 0 aromatic heterocycles. The van der Waals surface area contributed by atoms with Gasteiger partial charge in [-0.2, -0.15) is 4.31 Å². The third-order valence-electron chi connectivity index (χ3n) is 4.87. The summed E-state index contributed by atoms with van der Waals surface area (Å²) in [5.41, 5.74) is 6.82. The van der Waals surface area contributed by atoms with E-state index in [9.17, 15) is 18.0 Å². The summed E-state index contributed by atoms with van der Waals surface area (Å²) < 4.78 is 27.3. The molecule has 2 aromatic carbocycles. The standard InChI is InChI=1S/C20H23N3O4S/c1-14-13-15(10-11-17(14)19(21)24)22-20(25)18-9-5-6-12-23(18)28(26,27)16-7-3-2-4-8-16/h2-4,7-8,10-11,13,18H,5-6,9,12H2,1H3,(H2,21,24)(H,22,25). The van der Waals surface area contributed by atoms with Gasteiger partial charge < -0.3 is 11.1 Å². The highest BCUT2D eigenvalue weighted by atomic mass is 32.2. The number of nitrogens with one attached hydrogen (secondary N) is 1. The van der Waals surface area contributed by atoms with Crippen LogP contribution in [0.15, 0.2) is 53.4 Å². The molecule has 1 atom stereocenters. The van der Waals surface area contributed by atoms with E-state index in [1.807, 2.05) is 0 Å². The minimum Gasteiger partial charge on any atom is -0.366 e. The Bertz CT molecular complexity index is 990. The van der Waals surface area contributed by atoms with E-state index in [0.717, 1.165) is 6.42 Å². The van der Waals surface area contributed by atoms with Crippen molar-refractivity contribution in [3.63, 3.8) is 0 Å². The van der Waals surface area contributed by atoms with Gasteiger partial charge in [-0.1, -0.05) is 24.6 Å². The number of anilines is 1. The van der Waals surface area contributed by atoms with Gasteiger partial charge in [-0.05, 0) is 55.7 Å². The summed E-state index contributed by atoms with van der Waals surface area (Å²) >= 11 is 0. The van der Waals surface area contributed by atoms with E-state index in [1.54, 1.807) is 43.3 Å². The van der Waals surface area contributed by atoms with Crippen molar-refractivity contribution in [2.45, 2.75) is 37.1 Å². The van der Waals surface area contributed by atoms with Gasteiger partial charge >= 0.3 is 0 Å². The Balaban J connectivity index is 1.83. The second-order valence-electron chi connectivity index (χ2n) is 6.82. The van der Waals surface area contributed by atoms with Gasteiger partial charge in [0.15, 0.2) is 0 Å². The molecule has 1 aliphatic rings. The number of rotatable bonds is 5. The monoisotopic (exact) mass is 401 g/mol. The number of aryl methyl sites for hydroxylation is 1. The van der Waals surface area contributed by atoms with E-state index < -0.39 is 22.0 Å². The minimum absolute atomic E-state index is 0.177. The number of carbonyl (C=O) groups is 2. The zero-order valence-electron chi connectivity index (χ0n) is 15.6. The lowest BCUT2D eigenvalue weighted by Crippen LogP contribution is -2.49. The van der Waals surface area contributed by atoms with Gasteiger partial charge in [-0.15, -0.1) is 0 Å². The summed E-state index contributed by atoms with van der Waals surface area (Å²) in [6.45, 7) is 2.03. The molecule has 1 heterocycles. The molecule has 8 heteroatoms. The van der Waals surface area contributed by atoms with Crippen molar-refractivity contribution in [2.75, 3.05) is 11.9 Å².